The maximum Gasteiger partial charge on any atom is 0.292 e. The number of halogens is 3. The number of benzene rings is 2. The number of aryl methyl sites for hydroxylation is 1. The van der Waals surface area contributed by atoms with Crippen molar-refractivity contribution < 1.29 is 18.3 Å². The summed E-state index contributed by atoms with van der Waals surface area (Å²) in [6.07, 6.45) is 3.60. The van der Waals surface area contributed by atoms with Crippen molar-refractivity contribution in [2.45, 2.75) is 19.8 Å². The average Bonchev–Trinajstić information content (AvgIpc) is 2.78. The van der Waals surface area contributed by atoms with Crippen molar-refractivity contribution in [1.29, 1.82) is 0 Å². The van der Waals surface area contributed by atoms with Crippen LogP contribution in [0.1, 0.15) is 18.4 Å². The summed E-state index contributed by atoms with van der Waals surface area (Å²) in [5.74, 6) is -0.857. The predicted molar refractivity (Wildman–Crippen MR) is 118 cm³/mol. The normalized spacial score (nSPS) is 16.1. The van der Waals surface area contributed by atoms with E-state index in [1.165, 1.54) is 16.9 Å². The molecule has 1 aliphatic heterocycles. The minimum Gasteiger partial charge on any atom is -0.454 e. The van der Waals surface area contributed by atoms with Crippen LogP contribution in [0.3, 0.4) is 0 Å². The second kappa shape index (κ2) is 9.67. The van der Waals surface area contributed by atoms with Gasteiger partial charge in [0.2, 0.25) is 0 Å². The van der Waals surface area contributed by atoms with E-state index in [2.05, 4.69) is 10.4 Å². The SMILES string of the molecule is Cc1cc(-n2ncc(NC[C@@H]3CCCOC3)c(Cl)c2=O)ccc1Oc1ccc(F)cc1F. The van der Waals surface area contributed by atoms with Crippen molar-refractivity contribution in [1.82, 2.24) is 9.78 Å². The topological polar surface area (TPSA) is 65.4 Å². The molecule has 1 aliphatic rings. The highest BCUT2D eigenvalue weighted by atomic mass is 35.5. The molecule has 1 atom stereocenters. The zero-order valence-electron chi connectivity index (χ0n) is 17.4. The molecule has 6 nitrogen and oxygen atoms in total. The Kier molecular flexibility index (Phi) is 6.72. The molecule has 0 aliphatic carbocycles. The third-order valence-corrected chi connectivity index (χ3v) is 5.64. The number of aromatic nitrogens is 2. The van der Waals surface area contributed by atoms with Crippen molar-refractivity contribution in [2.75, 3.05) is 25.1 Å². The van der Waals surface area contributed by atoms with Crippen molar-refractivity contribution in [3.05, 3.63) is 75.2 Å². The molecule has 168 valence electrons. The van der Waals surface area contributed by atoms with Gasteiger partial charge in [0.15, 0.2) is 11.6 Å². The molecule has 0 spiro atoms. The Morgan fingerprint density at radius 1 is 1.25 bits per heavy atom. The second-order valence-electron chi connectivity index (χ2n) is 7.68. The van der Waals surface area contributed by atoms with Gasteiger partial charge in [-0.25, -0.2) is 8.78 Å². The molecule has 2 heterocycles. The molecule has 0 amide bonds. The first-order chi connectivity index (χ1) is 15.4. The summed E-state index contributed by atoms with van der Waals surface area (Å²) in [5.41, 5.74) is 1.13. The standard InChI is InChI=1S/C23H22ClF2N3O3/c1-14-9-17(5-7-20(14)32-21-6-4-16(25)10-18(21)26)29-23(30)22(24)19(12-28-29)27-11-15-3-2-8-31-13-15/h4-7,9-10,12,15,27H,2-3,8,11,13H2,1H3/t15-/m0/s1. The van der Waals surface area contributed by atoms with Gasteiger partial charge in [-0.2, -0.15) is 9.78 Å². The molecular formula is C23H22ClF2N3O3. The fourth-order valence-corrected chi connectivity index (χ4v) is 3.71. The van der Waals surface area contributed by atoms with Gasteiger partial charge in [0.1, 0.15) is 16.6 Å². The number of hydrogen-bond donors (Lipinski definition) is 1. The van der Waals surface area contributed by atoms with Gasteiger partial charge in [0, 0.05) is 19.2 Å². The Balaban J connectivity index is 1.52. The zero-order valence-corrected chi connectivity index (χ0v) is 18.2. The summed E-state index contributed by atoms with van der Waals surface area (Å²) in [6.45, 7) is 3.87. The number of nitrogens with one attached hydrogen (secondary N) is 1. The lowest BCUT2D eigenvalue weighted by molar-refractivity contribution is 0.0595. The summed E-state index contributed by atoms with van der Waals surface area (Å²) in [6, 6.07) is 7.96. The first-order valence-electron chi connectivity index (χ1n) is 10.3. The van der Waals surface area contributed by atoms with Crippen LogP contribution in [0.5, 0.6) is 11.5 Å². The maximum absolute atomic E-state index is 13.9. The number of rotatable bonds is 6. The Labute approximate surface area is 188 Å². The third-order valence-electron chi connectivity index (χ3n) is 5.27. The average molecular weight is 462 g/mol. The molecular weight excluding hydrogens is 440 g/mol. The first-order valence-corrected chi connectivity index (χ1v) is 10.6. The van der Waals surface area contributed by atoms with Crippen LogP contribution in [0.2, 0.25) is 5.02 Å². The van der Waals surface area contributed by atoms with Crippen LogP contribution in [0.25, 0.3) is 5.69 Å². The molecule has 0 unspecified atom stereocenters. The van der Waals surface area contributed by atoms with E-state index in [-0.39, 0.29) is 10.8 Å². The van der Waals surface area contributed by atoms with Gasteiger partial charge in [-0.15, -0.1) is 0 Å². The molecule has 2 aromatic carbocycles. The minimum atomic E-state index is -0.805. The molecule has 32 heavy (non-hydrogen) atoms. The van der Waals surface area contributed by atoms with E-state index < -0.39 is 17.2 Å². The van der Waals surface area contributed by atoms with E-state index in [9.17, 15) is 13.6 Å². The van der Waals surface area contributed by atoms with E-state index >= 15 is 0 Å². The van der Waals surface area contributed by atoms with Crippen LogP contribution in [0.15, 0.2) is 47.4 Å². The molecule has 0 radical (unpaired) electrons. The largest absolute Gasteiger partial charge is 0.454 e. The second-order valence-corrected chi connectivity index (χ2v) is 8.06. The third kappa shape index (κ3) is 4.92. The van der Waals surface area contributed by atoms with Gasteiger partial charge >= 0.3 is 0 Å². The van der Waals surface area contributed by atoms with Gasteiger partial charge in [-0.1, -0.05) is 11.6 Å². The summed E-state index contributed by atoms with van der Waals surface area (Å²) >= 11 is 6.31. The van der Waals surface area contributed by atoms with Crippen LogP contribution in [0.4, 0.5) is 14.5 Å². The Bertz CT molecular complexity index is 1180. The Morgan fingerprint density at radius 2 is 2.06 bits per heavy atom. The van der Waals surface area contributed by atoms with Crippen molar-refractivity contribution in [3.8, 4) is 17.2 Å². The van der Waals surface area contributed by atoms with Gasteiger partial charge in [-0.05, 0) is 61.6 Å². The summed E-state index contributed by atoms with van der Waals surface area (Å²) < 4.78 is 39.2. The predicted octanol–water partition coefficient (Wildman–Crippen LogP) is 5.10. The Morgan fingerprint density at radius 3 is 2.78 bits per heavy atom. The lowest BCUT2D eigenvalue weighted by Crippen LogP contribution is -2.26. The van der Waals surface area contributed by atoms with Crippen molar-refractivity contribution in [3.63, 3.8) is 0 Å². The zero-order chi connectivity index (χ0) is 22.7. The van der Waals surface area contributed by atoms with Crippen LogP contribution >= 0.6 is 11.6 Å². The fourth-order valence-electron chi connectivity index (χ4n) is 3.52. The molecule has 1 N–H and O–H groups in total. The molecule has 4 rings (SSSR count). The highest BCUT2D eigenvalue weighted by Crippen LogP contribution is 2.29. The molecule has 0 saturated carbocycles. The quantitative estimate of drug-likeness (QED) is 0.553. The molecule has 1 fully saturated rings. The van der Waals surface area contributed by atoms with Crippen LogP contribution < -0.4 is 15.6 Å². The van der Waals surface area contributed by atoms with E-state index in [1.807, 2.05) is 0 Å². The smallest absolute Gasteiger partial charge is 0.292 e. The van der Waals surface area contributed by atoms with E-state index in [0.717, 1.165) is 31.6 Å². The lowest BCUT2D eigenvalue weighted by atomic mass is 10.0. The van der Waals surface area contributed by atoms with Gasteiger partial charge in [-0.3, -0.25) is 4.79 Å². The van der Waals surface area contributed by atoms with Gasteiger partial charge < -0.3 is 14.8 Å². The van der Waals surface area contributed by atoms with E-state index in [4.69, 9.17) is 21.1 Å². The molecule has 1 aromatic heterocycles. The van der Waals surface area contributed by atoms with Crippen LogP contribution in [-0.2, 0) is 4.74 Å². The Hall–Kier alpha value is -2.97. The first kappa shape index (κ1) is 22.2. The highest BCUT2D eigenvalue weighted by molar-refractivity contribution is 6.32. The van der Waals surface area contributed by atoms with E-state index in [1.54, 1.807) is 25.1 Å². The summed E-state index contributed by atoms with van der Waals surface area (Å²) in [5, 5.41) is 7.47. The summed E-state index contributed by atoms with van der Waals surface area (Å²) in [4.78, 5) is 12.8. The van der Waals surface area contributed by atoms with Gasteiger partial charge in [0.05, 0.1) is 24.2 Å². The molecule has 3 aromatic rings. The fraction of sp³-hybridized carbons (Fsp3) is 0.304. The van der Waals surface area contributed by atoms with Crippen molar-refractivity contribution >= 4 is 17.3 Å². The van der Waals surface area contributed by atoms with E-state index in [0.29, 0.717) is 41.8 Å². The highest BCUT2D eigenvalue weighted by Gasteiger charge is 2.16. The minimum absolute atomic E-state index is 0.0445. The van der Waals surface area contributed by atoms with Crippen LogP contribution in [0, 0.1) is 24.5 Å². The number of nitrogens with zero attached hydrogens (tertiary/aromatic N) is 2. The van der Waals surface area contributed by atoms with Crippen molar-refractivity contribution in [2.24, 2.45) is 5.92 Å². The number of anilines is 1. The lowest BCUT2D eigenvalue weighted by Gasteiger charge is -2.22. The van der Waals surface area contributed by atoms with Gasteiger partial charge in [0.25, 0.3) is 5.56 Å². The summed E-state index contributed by atoms with van der Waals surface area (Å²) in [7, 11) is 0. The number of hydrogen-bond acceptors (Lipinski definition) is 5. The monoisotopic (exact) mass is 461 g/mol. The molecule has 1 saturated heterocycles. The maximum atomic E-state index is 13.9. The van der Waals surface area contributed by atoms with Crippen LogP contribution in [-0.4, -0.2) is 29.5 Å². The molecule has 9 heteroatoms. The number of ether oxygens (including phenoxy) is 2. The molecule has 0 bridgehead atoms.